The van der Waals surface area contributed by atoms with Gasteiger partial charge >= 0.3 is 10.8 Å². The van der Waals surface area contributed by atoms with Crippen LogP contribution < -0.4 is 0 Å². The third kappa shape index (κ3) is 2.44. The topological polar surface area (TPSA) is 0 Å². The largest absolute Gasteiger partial charge is 0.363 e. The molecule has 0 aliphatic heterocycles. The zero-order valence-corrected chi connectivity index (χ0v) is 6.89. The maximum Gasteiger partial charge on any atom is 0.363 e. The second kappa shape index (κ2) is 3.07. The van der Waals surface area contributed by atoms with Crippen LogP contribution in [0, 0.1) is 0 Å². The third-order valence-electron chi connectivity index (χ3n) is 0.979. The first-order chi connectivity index (χ1) is 4.31. The van der Waals surface area contributed by atoms with Gasteiger partial charge in [0.05, 0.1) is 0 Å². The van der Waals surface area contributed by atoms with Crippen molar-refractivity contribution in [1.82, 2.24) is 0 Å². The Kier molecular flexibility index (Phi) is 3.13. The highest BCUT2D eigenvalue weighted by Crippen LogP contribution is 2.42. The van der Waals surface area contributed by atoms with Crippen molar-refractivity contribution in [3.8, 4) is 0 Å². The van der Waals surface area contributed by atoms with E-state index in [1.165, 1.54) is 6.92 Å². The summed E-state index contributed by atoms with van der Waals surface area (Å²) in [5, 5.41) is 0. The summed E-state index contributed by atoms with van der Waals surface area (Å²) < 4.78 is 48.0. The molecule has 0 bridgehead atoms. The molecule has 0 N–H and O–H groups in total. The van der Waals surface area contributed by atoms with Crippen LogP contribution in [0.4, 0.5) is 17.6 Å². The van der Waals surface area contributed by atoms with Crippen LogP contribution in [0.15, 0.2) is 0 Å². The fraction of sp³-hybridized carbons (Fsp3) is 1.00. The number of alkyl halides is 5. The van der Waals surface area contributed by atoms with E-state index in [2.05, 4.69) is 0 Å². The van der Waals surface area contributed by atoms with Crippen molar-refractivity contribution in [3.63, 3.8) is 0 Å². The lowest BCUT2D eigenvalue weighted by Crippen LogP contribution is -2.34. The first-order valence-electron chi connectivity index (χ1n) is 2.76. The van der Waals surface area contributed by atoms with Gasteiger partial charge in [-0.05, 0) is 15.9 Å². The third-order valence-corrected chi connectivity index (χ3v) is 1.56. The predicted octanol–water partition coefficient (Wildman–Crippen LogP) is 3.41. The Morgan fingerprint density at radius 2 is 1.60 bits per heavy atom. The van der Waals surface area contributed by atoms with Crippen molar-refractivity contribution >= 4 is 15.9 Å². The van der Waals surface area contributed by atoms with Gasteiger partial charge in [-0.1, -0.05) is 13.3 Å². The van der Waals surface area contributed by atoms with Crippen LogP contribution in [0.2, 0.25) is 0 Å². The van der Waals surface area contributed by atoms with E-state index in [4.69, 9.17) is 0 Å². The first kappa shape index (κ1) is 10.2. The monoisotopic (exact) mass is 222 g/mol. The molecular weight excluding hydrogens is 216 g/mol. The molecule has 0 nitrogen and oxygen atoms in total. The molecule has 0 radical (unpaired) electrons. The lowest BCUT2D eigenvalue weighted by molar-refractivity contribution is -0.151. The number of hydrogen-bond acceptors (Lipinski definition) is 0. The molecule has 0 heterocycles. The predicted molar refractivity (Wildman–Crippen MR) is 33.7 cm³/mol. The SMILES string of the molecule is CCCC(F)(F)C(F)(F)Br. The maximum atomic E-state index is 12.1. The maximum absolute atomic E-state index is 12.1. The van der Waals surface area contributed by atoms with E-state index in [0.29, 0.717) is 0 Å². The summed E-state index contributed by atoms with van der Waals surface area (Å²) >= 11 is 1.62. The first-order valence-corrected chi connectivity index (χ1v) is 3.55. The minimum Gasteiger partial charge on any atom is -0.199 e. The van der Waals surface area contributed by atoms with E-state index in [0.717, 1.165) is 0 Å². The highest BCUT2D eigenvalue weighted by molar-refractivity contribution is 9.10. The summed E-state index contributed by atoms with van der Waals surface area (Å²) in [6.07, 6.45) is -0.764. The lowest BCUT2D eigenvalue weighted by atomic mass is 10.2. The van der Waals surface area contributed by atoms with Gasteiger partial charge in [-0.25, -0.2) is 0 Å². The molecule has 0 aromatic carbocycles. The molecular formula is C5H7BrF4. The molecule has 0 unspecified atom stereocenters. The van der Waals surface area contributed by atoms with Crippen LogP contribution in [0.5, 0.6) is 0 Å². The number of halogens is 5. The van der Waals surface area contributed by atoms with Gasteiger partial charge in [-0.3, -0.25) is 0 Å². The summed E-state index contributed by atoms with van der Waals surface area (Å²) in [6, 6.07) is 0. The van der Waals surface area contributed by atoms with Gasteiger partial charge in [0.1, 0.15) is 0 Å². The van der Waals surface area contributed by atoms with Crippen LogP contribution in [0.3, 0.4) is 0 Å². The van der Waals surface area contributed by atoms with Gasteiger partial charge < -0.3 is 0 Å². The molecule has 0 aliphatic carbocycles. The normalized spacial score (nSPS) is 13.8. The van der Waals surface area contributed by atoms with Crippen molar-refractivity contribution in [1.29, 1.82) is 0 Å². The Morgan fingerprint density at radius 3 is 1.70 bits per heavy atom. The second-order valence-electron chi connectivity index (χ2n) is 1.95. The molecule has 0 aromatic rings. The molecule has 0 saturated heterocycles. The molecule has 5 heteroatoms. The van der Waals surface area contributed by atoms with Crippen molar-refractivity contribution in [2.75, 3.05) is 0 Å². The Labute approximate surface area is 64.7 Å². The van der Waals surface area contributed by atoms with E-state index < -0.39 is 17.2 Å². The molecule has 0 amide bonds. The molecule has 0 saturated carbocycles. The summed E-state index contributed by atoms with van der Waals surface area (Å²) in [4.78, 5) is -4.07. The Bertz CT molecular complexity index is 107. The van der Waals surface area contributed by atoms with Crippen LogP contribution in [0.25, 0.3) is 0 Å². The average molecular weight is 223 g/mol. The van der Waals surface area contributed by atoms with Gasteiger partial charge in [0.25, 0.3) is 0 Å². The van der Waals surface area contributed by atoms with E-state index >= 15 is 0 Å². The zero-order valence-electron chi connectivity index (χ0n) is 5.30. The molecule has 0 rings (SSSR count). The standard InChI is InChI=1S/C5H7BrF4/c1-2-3-4(7,8)5(6,9)10/h2-3H2,1H3. The quantitative estimate of drug-likeness (QED) is 0.508. The van der Waals surface area contributed by atoms with Gasteiger partial charge in [0.2, 0.25) is 0 Å². The van der Waals surface area contributed by atoms with E-state index in [9.17, 15) is 17.6 Å². The zero-order chi connectivity index (χ0) is 8.41. The summed E-state index contributed by atoms with van der Waals surface area (Å²) in [6.45, 7) is 1.42. The number of rotatable bonds is 3. The minimum atomic E-state index is -4.07. The molecule has 0 aliphatic rings. The highest BCUT2D eigenvalue weighted by atomic mass is 79.9. The van der Waals surface area contributed by atoms with E-state index in [-0.39, 0.29) is 6.42 Å². The number of hydrogen-bond donors (Lipinski definition) is 0. The van der Waals surface area contributed by atoms with E-state index in [1.807, 2.05) is 0 Å². The summed E-state index contributed by atoms with van der Waals surface area (Å²) in [5.41, 5.74) is 0. The van der Waals surface area contributed by atoms with Gasteiger partial charge in [-0.2, -0.15) is 17.6 Å². The molecule has 0 aromatic heterocycles. The van der Waals surface area contributed by atoms with Crippen LogP contribution in [-0.2, 0) is 0 Å². The summed E-state index contributed by atoms with van der Waals surface area (Å²) in [5.74, 6) is -3.93. The van der Waals surface area contributed by atoms with Crippen molar-refractivity contribution in [2.24, 2.45) is 0 Å². The summed E-state index contributed by atoms with van der Waals surface area (Å²) in [7, 11) is 0. The molecule has 10 heavy (non-hydrogen) atoms. The van der Waals surface area contributed by atoms with Crippen LogP contribution in [0.1, 0.15) is 19.8 Å². The Hall–Kier alpha value is 0.200. The molecule has 0 fully saturated rings. The highest BCUT2D eigenvalue weighted by Gasteiger charge is 2.53. The Balaban J connectivity index is 4.10. The van der Waals surface area contributed by atoms with Crippen molar-refractivity contribution in [2.45, 2.75) is 30.5 Å². The molecule has 62 valence electrons. The molecule has 0 atom stereocenters. The smallest absolute Gasteiger partial charge is 0.199 e. The van der Waals surface area contributed by atoms with Gasteiger partial charge in [-0.15, -0.1) is 0 Å². The fourth-order valence-corrected chi connectivity index (χ4v) is 0.654. The van der Waals surface area contributed by atoms with Crippen molar-refractivity contribution < 1.29 is 17.6 Å². The lowest BCUT2D eigenvalue weighted by Gasteiger charge is -2.20. The fourth-order valence-electron chi connectivity index (χ4n) is 0.456. The molecule has 0 spiro atoms. The minimum absolute atomic E-state index is 0.0359. The van der Waals surface area contributed by atoms with E-state index in [1.54, 1.807) is 15.9 Å². The van der Waals surface area contributed by atoms with Gasteiger partial charge in [0.15, 0.2) is 0 Å². The van der Waals surface area contributed by atoms with Crippen molar-refractivity contribution in [3.05, 3.63) is 0 Å². The van der Waals surface area contributed by atoms with Gasteiger partial charge in [0, 0.05) is 6.42 Å². The van der Waals surface area contributed by atoms with Crippen LogP contribution in [-0.4, -0.2) is 10.8 Å². The second-order valence-corrected chi connectivity index (χ2v) is 2.95. The van der Waals surface area contributed by atoms with Crippen LogP contribution >= 0.6 is 15.9 Å². The average Bonchev–Trinajstić information content (AvgIpc) is 1.61. The Morgan fingerprint density at radius 1 is 1.20 bits per heavy atom.